The van der Waals surface area contributed by atoms with Crippen LogP contribution in [0.1, 0.15) is 37.1 Å². The normalized spacial score (nSPS) is 17.1. The summed E-state index contributed by atoms with van der Waals surface area (Å²) in [6.45, 7) is 3.00. The van der Waals surface area contributed by atoms with E-state index in [0.29, 0.717) is 48.2 Å². The Hall–Kier alpha value is -2.50. The maximum Gasteiger partial charge on any atom is 0.231 e. The summed E-state index contributed by atoms with van der Waals surface area (Å²) in [5.41, 5.74) is 0.937. The van der Waals surface area contributed by atoms with Crippen LogP contribution in [-0.4, -0.2) is 26.2 Å². The summed E-state index contributed by atoms with van der Waals surface area (Å²) in [6, 6.07) is 14.9. The zero-order valence-electron chi connectivity index (χ0n) is 16.5. The van der Waals surface area contributed by atoms with E-state index >= 15 is 0 Å². The number of hydrogen-bond acceptors (Lipinski definition) is 4. The zero-order chi connectivity index (χ0) is 20.4. The number of ether oxygens (including phenoxy) is 2. The molecule has 1 unspecified atom stereocenters. The number of furan rings is 1. The Morgan fingerprint density at radius 1 is 1.17 bits per heavy atom. The van der Waals surface area contributed by atoms with Crippen molar-refractivity contribution in [3.63, 3.8) is 0 Å². The van der Waals surface area contributed by atoms with E-state index in [0.717, 1.165) is 10.9 Å². The second-order valence-electron chi connectivity index (χ2n) is 7.43. The van der Waals surface area contributed by atoms with E-state index in [1.807, 2.05) is 55.5 Å². The number of carbonyl (C=O) groups excluding carboxylic acids is 1. The molecule has 1 aromatic heterocycles. The third-order valence-electron chi connectivity index (χ3n) is 5.68. The fourth-order valence-corrected chi connectivity index (χ4v) is 4.18. The molecule has 0 bridgehead atoms. The van der Waals surface area contributed by atoms with Crippen molar-refractivity contribution in [2.45, 2.75) is 31.2 Å². The van der Waals surface area contributed by atoms with Gasteiger partial charge in [-0.1, -0.05) is 35.9 Å². The first-order valence-electron chi connectivity index (χ1n) is 9.75. The van der Waals surface area contributed by atoms with Crippen LogP contribution in [-0.2, 0) is 14.9 Å². The summed E-state index contributed by atoms with van der Waals surface area (Å²) < 4.78 is 16.9. The van der Waals surface area contributed by atoms with E-state index in [1.54, 1.807) is 7.11 Å². The van der Waals surface area contributed by atoms with Crippen molar-refractivity contribution < 1.29 is 18.7 Å². The number of hydrogen-bond donors (Lipinski definition) is 1. The number of benzene rings is 2. The molecule has 1 aliphatic rings. The van der Waals surface area contributed by atoms with Gasteiger partial charge >= 0.3 is 0 Å². The third-order valence-corrected chi connectivity index (χ3v) is 5.91. The van der Waals surface area contributed by atoms with E-state index in [-0.39, 0.29) is 11.9 Å². The molecule has 29 heavy (non-hydrogen) atoms. The number of nitrogens with one attached hydrogen (secondary N) is 1. The van der Waals surface area contributed by atoms with Gasteiger partial charge in [-0.15, -0.1) is 0 Å². The molecule has 0 spiro atoms. The predicted octanol–water partition coefficient (Wildman–Crippen LogP) is 5.02. The van der Waals surface area contributed by atoms with E-state index in [9.17, 15) is 4.79 Å². The van der Waals surface area contributed by atoms with Gasteiger partial charge in [0.25, 0.3) is 0 Å². The molecule has 2 aromatic carbocycles. The van der Waals surface area contributed by atoms with Gasteiger partial charge in [0.15, 0.2) is 11.3 Å². The van der Waals surface area contributed by atoms with Crippen LogP contribution in [0.25, 0.3) is 11.0 Å². The van der Waals surface area contributed by atoms with Crippen molar-refractivity contribution in [1.29, 1.82) is 0 Å². The SMILES string of the molecule is COc1cccc2cc(C(C)NC(=O)C3(c4cccc(Cl)c4)CCOCC3)oc12. The monoisotopic (exact) mass is 413 g/mol. The standard InChI is InChI=1S/C23H24ClNO4/c1-15(20-13-16-5-3-8-19(27-2)21(16)29-20)25-22(26)23(9-11-28-12-10-23)17-6-4-7-18(24)14-17/h3-8,13-15H,9-12H2,1-2H3,(H,25,26). The Balaban J connectivity index is 1.62. The van der Waals surface area contributed by atoms with Crippen molar-refractivity contribution in [2.24, 2.45) is 0 Å². The largest absolute Gasteiger partial charge is 0.493 e. The summed E-state index contributed by atoms with van der Waals surface area (Å²) in [5.74, 6) is 1.32. The van der Waals surface area contributed by atoms with Gasteiger partial charge in [-0.05, 0) is 49.6 Å². The van der Waals surface area contributed by atoms with Crippen LogP contribution in [0.2, 0.25) is 5.02 Å². The van der Waals surface area contributed by atoms with E-state index < -0.39 is 5.41 Å². The average molecular weight is 414 g/mol. The molecule has 1 amide bonds. The van der Waals surface area contributed by atoms with Gasteiger partial charge < -0.3 is 19.2 Å². The Morgan fingerprint density at radius 2 is 1.93 bits per heavy atom. The van der Waals surface area contributed by atoms with Crippen molar-refractivity contribution in [3.8, 4) is 5.75 Å². The molecular weight excluding hydrogens is 390 g/mol. The number of rotatable bonds is 5. The Bertz CT molecular complexity index is 1020. The van der Waals surface area contributed by atoms with Gasteiger partial charge in [-0.2, -0.15) is 0 Å². The molecule has 0 radical (unpaired) electrons. The van der Waals surface area contributed by atoms with Crippen LogP contribution in [0.5, 0.6) is 5.75 Å². The number of methoxy groups -OCH3 is 1. The lowest BCUT2D eigenvalue weighted by atomic mass is 9.73. The quantitative estimate of drug-likeness (QED) is 0.638. The highest BCUT2D eigenvalue weighted by Gasteiger charge is 2.42. The average Bonchev–Trinajstić information content (AvgIpc) is 3.19. The molecular formula is C23H24ClNO4. The third kappa shape index (κ3) is 3.72. The summed E-state index contributed by atoms with van der Waals surface area (Å²) >= 11 is 6.22. The molecule has 152 valence electrons. The molecule has 3 aromatic rings. The Morgan fingerprint density at radius 3 is 2.66 bits per heavy atom. The van der Waals surface area contributed by atoms with Gasteiger partial charge in [0.05, 0.1) is 18.6 Å². The first kappa shape index (κ1) is 19.8. The lowest BCUT2D eigenvalue weighted by Gasteiger charge is -2.37. The van der Waals surface area contributed by atoms with Crippen molar-refractivity contribution in [3.05, 3.63) is 64.9 Å². The summed E-state index contributed by atoms with van der Waals surface area (Å²) in [7, 11) is 1.61. The topological polar surface area (TPSA) is 60.7 Å². The fraction of sp³-hybridized carbons (Fsp3) is 0.348. The van der Waals surface area contributed by atoms with E-state index in [2.05, 4.69) is 5.32 Å². The molecule has 1 fully saturated rings. The number of carbonyl (C=O) groups is 1. The lowest BCUT2D eigenvalue weighted by molar-refractivity contribution is -0.131. The number of halogens is 1. The van der Waals surface area contributed by atoms with Gasteiger partial charge in [0.1, 0.15) is 5.76 Å². The smallest absolute Gasteiger partial charge is 0.231 e. The highest BCUT2D eigenvalue weighted by molar-refractivity contribution is 6.30. The van der Waals surface area contributed by atoms with Crippen LogP contribution in [0.3, 0.4) is 0 Å². The fourth-order valence-electron chi connectivity index (χ4n) is 3.99. The highest BCUT2D eigenvalue weighted by atomic mass is 35.5. The molecule has 4 rings (SSSR count). The molecule has 6 heteroatoms. The second-order valence-corrected chi connectivity index (χ2v) is 7.86. The van der Waals surface area contributed by atoms with Crippen molar-refractivity contribution in [1.82, 2.24) is 5.32 Å². The molecule has 1 atom stereocenters. The molecule has 1 saturated heterocycles. The zero-order valence-corrected chi connectivity index (χ0v) is 17.3. The van der Waals surface area contributed by atoms with Crippen LogP contribution in [0, 0.1) is 0 Å². The minimum Gasteiger partial charge on any atom is -0.493 e. The van der Waals surface area contributed by atoms with Crippen LogP contribution in [0.4, 0.5) is 0 Å². The first-order chi connectivity index (χ1) is 14.0. The molecule has 2 heterocycles. The van der Waals surface area contributed by atoms with Gasteiger partial charge in [-0.3, -0.25) is 4.79 Å². The maximum atomic E-state index is 13.5. The molecule has 0 aliphatic carbocycles. The van der Waals surface area contributed by atoms with Crippen molar-refractivity contribution >= 4 is 28.5 Å². The van der Waals surface area contributed by atoms with Gasteiger partial charge in [0.2, 0.25) is 5.91 Å². The van der Waals surface area contributed by atoms with Gasteiger partial charge in [0, 0.05) is 23.6 Å². The van der Waals surface area contributed by atoms with Gasteiger partial charge in [-0.25, -0.2) is 0 Å². The summed E-state index contributed by atoms with van der Waals surface area (Å²) in [6.07, 6.45) is 1.22. The predicted molar refractivity (Wildman–Crippen MR) is 113 cm³/mol. The number of amides is 1. The summed E-state index contributed by atoms with van der Waals surface area (Å²) in [4.78, 5) is 13.5. The number of para-hydroxylation sites is 1. The molecule has 1 aliphatic heterocycles. The lowest BCUT2D eigenvalue weighted by Crippen LogP contribution is -2.48. The highest BCUT2D eigenvalue weighted by Crippen LogP contribution is 2.37. The molecule has 5 nitrogen and oxygen atoms in total. The minimum absolute atomic E-state index is 0.0389. The first-order valence-corrected chi connectivity index (χ1v) is 10.1. The molecule has 1 N–H and O–H groups in total. The maximum absolute atomic E-state index is 13.5. The van der Waals surface area contributed by atoms with E-state index in [4.69, 9.17) is 25.5 Å². The van der Waals surface area contributed by atoms with E-state index in [1.165, 1.54) is 0 Å². The summed E-state index contributed by atoms with van der Waals surface area (Å²) in [5, 5.41) is 4.72. The van der Waals surface area contributed by atoms with Crippen LogP contribution < -0.4 is 10.1 Å². The number of fused-ring (bicyclic) bond motifs is 1. The van der Waals surface area contributed by atoms with Crippen LogP contribution >= 0.6 is 11.6 Å². The Kier molecular flexibility index (Phi) is 5.52. The molecule has 0 saturated carbocycles. The Labute approximate surface area is 174 Å². The van der Waals surface area contributed by atoms with Crippen LogP contribution in [0.15, 0.2) is 52.9 Å². The minimum atomic E-state index is -0.666. The van der Waals surface area contributed by atoms with Crippen molar-refractivity contribution in [2.75, 3.05) is 20.3 Å². The second kappa shape index (κ2) is 8.09.